The molecule has 0 saturated heterocycles. The quantitative estimate of drug-likeness (QED) is 0.564. The average Bonchev–Trinajstić information content (AvgIpc) is 2.14. The van der Waals surface area contributed by atoms with E-state index in [-0.39, 0.29) is 5.78 Å². The molecule has 0 unspecified atom stereocenters. The lowest BCUT2D eigenvalue weighted by atomic mass is 10.3. The molecule has 1 N–H and O–H groups in total. The van der Waals surface area contributed by atoms with Crippen LogP contribution in [0.5, 0.6) is 0 Å². The van der Waals surface area contributed by atoms with Crippen LogP contribution < -0.4 is 0 Å². The fourth-order valence-electron chi connectivity index (χ4n) is 0.709. The van der Waals surface area contributed by atoms with Crippen molar-refractivity contribution in [2.45, 2.75) is 13.8 Å². The van der Waals surface area contributed by atoms with E-state index in [1.165, 1.54) is 0 Å². The second-order valence-electron chi connectivity index (χ2n) is 2.11. The molecule has 0 fully saturated rings. The number of aromatic nitrogens is 1. The van der Waals surface area contributed by atoms with Crippen molar-refractivity contribution in [2.75, 3.05) is 0 Å². The van der Waals surface area contributed by atoms with E-state index in [4.69, 9.17) is 0 Å². The Hall–Kier alpha value is -1.05. The van der Waals surface area contributed by atoms with Crippen molar-refractivity contribution in [3.63, 3.8) is 0 Å². The van der Waals surface area contributed by atoms with Crippen LogP contribution in [0, 0.1) is 6.92 Å². The van der Waals surface area contributed by atoms with Crippen LogP contribution in [0.25, 0.3) is 0 Å². The minimum Gasteiger partial charge on any atom is -0.356 e. The summed E-state index contributed by atoms with van der Waals surface area (Å²) >= 11 is 0. The van der Waals surface area contributed by atoms with Gasteiger partial charge in [0.05, 0.1) is 5.69 Å². The van der Waals surface area contributed by atoms with Crippen molar-refractivity contribution in [2.24, 2.45) is 0 Å². The first kappa shape index (κ1) is 6.08. The lowest BCUT2D eigenvalue weighted by Crippen LogP contribution is -1.90. The van der Waals surface area contributed by atoms with Crippen LogP contribution in [0.3, 0.4) is 0 Å². The van der Waals surface area contributed by atoms with Crippen LogP contribution in [-0.2, 0) is 0 Å². The van der Waals surface area contributed by atoms with Gasteiger partial charge in [-0.2, -0.15) is 0 Å². The van der Waals surface area contributed by atoms with Gasteiger partial charge in [0.2, 0.25) is 0 Å². The molecule has 0 amide bonds. The Balaban J connectivity index is 2.98. The molecule has 2 heteroatoms. The number of hydrogen-bond acceptors (Lipinski definition) is 1. The number of carbonyl (C=O) groups excluding carboxylic acids is 1. The maximum atomic E-state index is 10.6. The van der Waals surface area contributed by atoms with Gasteiger partial charge in [0, 0.05) is 12.6 Å². The molecule has 48 valence electrons. The standard InChI is InChI=1S/C7H9NO/c1-5-3-4-7(8-5)6(2)9/h3-4,8H,1-2H3. The van der Waals surface area contributed by atoms with E-state index in [1.54, 1.807) is 13.0 Å². The Morgan fingerprint density at radius 2 is 2.22 bits per heavy atom. The largest absolute Gasteiger partial charge is 0.356 e. The van der Waals surface area contributed by atoms with Gasteiger partial charge in [-0.1, -0.05) is 0 Å². The lowest BCUT2D eigenvalue weighted by molar-refractivity contribution is 0.101. The fraction of sp³-hybridized carbons (Fsp3) is 0.286. The summed E-state index contributed by atoms with van der Waals surface area (Å²) in [6, 6.07) is 3.68. The van der Waals surface area contributed by atoms with Gasteiger partial charge in [0.25, 0.3) is 0 Å². The second kappa shape index (κ2) is 2.05. The SMILES string of the molecule is CC(=O)c1ccc(C)[nH]1. The van der Waals surface area contributed by atoms with E-state index in [0.29, 0.717) is 5.69 Å². The number of aromatic amines is 1. The Bertz CT molecular complexity index is 225. The van der Waals surface area contributed by atoms with Crippen molar-refractivity contribution in [3.05, 3.63) is 23.5 Å². The van der Waals surface area contributed by atoms with Gasteiger partial charge >= 0.3 is 0 Å². The Labute approximate surface area is 53.9 Å². The number of carbonyl (C=O) groups is 1. The van der Waals surface area contributed by atoms with E-state index >= 15 is 0 Å². The molecule has 0 bridgehead atoms. The number of H-pyrrole nitrogens is 1. The number of nitrogens with one attached hydrogen (secondary N) is 1. The summed E-state index contributed by atoms with van der Waals surface area (Å²) in [5.74, 6) is 0.0862. The van der Waals surface area contributed by atoms with Crippen LogP contribution in [-0.4, -0.2) is 10.8 Å². The van der Waals surface area contributed by atoms with Crippen molar-refractivity contribution < 1.29 is 4.79 Å². The molecule has 1 aromatic rings. The zero-order valence-corrected chi connectivity index (χ0v) is 5.56. The molecule has 1 aromatic heterocycles. The molecule has 0 spiro atoms. The third kappa shape index (κ3) is 1.19. The van der Waals surface area contributed by atoms with E-state index in [2.05, 4.69) is 4.98 Å². The van der Waals surface area contributed by atoms with Crippen LogP contribution in [0.4, 0.5) is 0 Å². The predicted molar refractivity (Wildman–Crippen MR) is 35.5 cm³/mol. The Morgan fingerprint density at radius 3 is 2.44 bits per heavy atom. The molecule has 0 atom stereocenters. The van der Waals surface area contributed by atoms with Gasteiger partial charge in [-0.3, -0.25) is 4.79 Å². The zero-order valence-electron chi connectivity index (χ0n) is 5.56. The first-order valence-corrected chi connectivity index (χ1v) is 2.86. The predicted octanol–water partition coefficient (Wildman–Crippen LogP) is 1.53. The Morgan fingerprint density at radius 1 is 1.56 bits per heavy atom. The smallest absolute Gasteiger partial charge is 0.175 e. The summed E-state index contributed by atoms with van der Waals surface area (Å²) in [7, 11) is 0. The maximum Gasteiger partial charge on any atom is 0.175 e. The highest BCUT2D eigenvalue weighted by atomic mass is 16.1. The highest BCUT2D eigenvalue weighted by molar-refractivity contribution is 5.92. The van der Waals surface area contributed by atoms with E-state index in [0.717, 1.165) is 5.69 Å². The molecular formula is C7H9NO. The molecule has 0 aliphatic carbocycles. The maximum absolute atomic E-state index is 10.6. The third-order valence-electron chi connectivity index (χ3n) is 1.21. The van der Waals surface area contributed by atoms with Crippen LogP contribution in [0.15, 0.2) is 12.1 Å². The highest BCUT2D eigenvalue weighted by Crippen LogP contribution is 1.99. The number of hydrogen-bond donors (Lipinski definition) is 1. The summed E-state index contributed by atoms with van der Waals surface area (Å²) in [5.41, 5.74) is 1.72. The molecule has 0 saturated carbocycles. The van der Waals surface area contributed by atoms with Crippen molar-refractivity contribution in [3.8, 4) is 0 Å². The van der Waals surface area contributed by atoms with Gasteiger partial charge < -0.3 is 4.98 Å². The number of rotatable bonds is 1. The number of ketones is 1. The van der Waals surface area contributed by atoms with Crippen molar-refractivity contribution >= 4 is 5.78 Å². The minimum absolute atomic E-state index is 0.0862. The monoisotopic (exact) mass is 123 g/mol. The molecule has 0 aliphatic rings. The molecule has 1 heterocycles. The van der Waals surface area contributed by atoms with Crippen molar-refractivity contribution in [1.29, 1.82) is 0 Å². The fourth-order valence-corrected chi connectivity index (χ4v) is 0.709. The second-order valence-corrected chi connectivity index (χ2v) is 2.11. The van der Waals surface area contributed by atoms with Gasteiger partial charge in [0.15, 0.2) is 5.78 Å². The van der Waals surface area contributed by atoms with E-state index in [9.17, 15) is 4.79 Å². The first-order chi connectivity index (χ1) is 4.20. The summed E-state index contributed by atoms with van der Waals surface area (Å²) in [6.07, 6.45) is 0. The van der Waals surface area contributed by atoms with E-state index < -0.39 is 0 Å². The van der Waals surface area contributed by atoms with Gasteiger partial charge in [-0.25, -0.2) is 0 Å². The lowest BCUT2D eigenvalue weighted by Gasteiger charge is -1.84. The highest BCUT2D eigenvalue weighted by Gasteiger charge is 1.97. The molecule has 1 rings (SSSR count). The molecule has 9 heavy (non-hydrogen) atoms. The van der Waals surface area contributed by atoms with Gasteiger partial charge in [0.1, 0.15) is 0 Å². The first-order valence-electron chi connectivity index (χ1n) is 2.86. The molecule has 0 aliphatic heterocycles. The van der Waals surface area contributed by atoms with Gasteiger partial charge in [-0.05, 0) is 19.1 Å². The van der Waals surface area contributed by atoms with Crippen LogP contribution in [0.1, 0.15) is 23.1 Å². The molecule has 0 aromatic carbocycles. The number of aryl methyl sites for hydroxylation is 1. The number of Topliss-reactive ketones (excluding diaryl/α,β-unsaturated/α-hetero) is 1. The third-order valence-corrected chi connectivity index (χ3v) is 1.21. The van der Waals surface area contributed by atoms with Gasteiger partial charge in [-0.15, -0.1) is 0 Å². The summed E-state index contributed by atoms with van der Waals surface area (Å²) in [5, 5.41) is 0. The normalized spacial score (nSPS) is 9.56. The van der Waals surface area contributed by atoms with E-state index in [1.807, 2.05) is 13.0 Å². The van der Waals surface area contributed by atoms with Crippen molar-refractivity contribution in [1.82, 2.24) is 4.98 Å². The summed E-state index contributed by atoms with van der Waals surface area (Å²) in [4.78, 5) is 13.6. The minimum atomic E-state index is 0.0862. The molecule has 2 nitrogen and oxygen atoms in total. The topological polar surface area (TPSA) is 32.9 Å². The van der Waals surface area contributed by atoms with Crippen LogP contribution in [0.2, 0.25) is 0 Å². The molecular weight excluding hydrogens is 114 g/mol. The average molecular weight is 123 g/mol. The zero-order chi connectivity index (χ0) is 6.85. The van der Waals surface area contributed by atoms with Crippen LogP contribution >= 0.6 is 0 Å². The Kier molecular flexibility index (Phi) is 1.39. The molecule has 0 radical (unpaired) electrons. The summed E-state index contributed by atoms with van der Waals surface area (Å²) in [6.45, 7) is 3.47. The summed E-state index contributed by atoms with van der Waals surface area (Å²) < 4.78 is 0.